The lowest BCUT2D eigenvalue weighted by atomic mass is 9.99. The van der Waals surface area contributed by atoms with Crippen LogP contribution in [0.3, 0.4) is 0 Å². The predicted octanol–water partition coefficient (Wildman–Crippen LogP) is 4.28. The molecule has 0 aromatic heterocycles. The first-order valence-electron chi connectivity index (χ1n) is 5.26. The highest BCUT2D eigenvalue weighted by molar-refractivity contribution is 9.11. The van der Waals surface area contributed by atoms with Gasteiger partial charge in [0.15, 0.2) is 0 Å². The SMILES string of the molecule is Cc1cc(Br)c2c(c1Br)C(O)CCCC2. The van der Waals surface area contributed by atoms with Crippen LogP contribution >= 0.6 is 31.9 Å². The Balaban J connectivity index is 2.63. The van der Waals surface area contributed by atoms with Gasteiger partial charge in [-0.3, -0.25) is 0 Å². The van der Waals surface area contributed by atoms with Gasteiger partial charge in [-0.1, -0.05) is 38.3 Å². The monoisotopic (exact) mass is 332 g/mol. The lowest BCUT2D eigenvalue weighted by molar-refractivity contribution is 0.166. The maximum atomic E-state index is 10.1. The standard InChI is InChI=1S/C12H14Br2O/c1-7-6-9(13)8-4-2-3-5-10(15)11(8)12(7)14/h6,10,15H,2-5H2,1H3. The summed E-state index contributed by atoms with van der Waals surface area (Å²) in [5.41, 5.74) is 3.55. The zero-order valence-electron chi connectivity index (χ0n) is 8.69. The molecule has 0 amide bonds. The average molecular weight is 334 g/mol. The first-order chi connectivity index (χ1) is 7.11. The van der Waals surface area contributed by atoms with Gasteiger partial charge in [0.25, 0.3) is 0 Å². The number of hydrogen-bond donors (Lipinski definition) is 1. The van der Waals surface area contributed by atoms with Gasteiger partial charge < -0.3 is 5.11 Å². The first-order valence-corrected chi connectivity index (χ1v) is 6.85. The Kier molecular flexibility index (Phi) is 3.53. The van der Waals surface area contributed by atoms with E-state index in [0.717, 1.165) is 40.2 Å². The zero-order chi connectivity index (χ0) is 11.0. The quantitative estimate of drug-likeness (QED) is 0.702. The smallest absolute Gasteiger partial charge is 0.0804 e. The molecule has 0 saturated carbocycles. The molecule has 3 heteroatoms. The number of fused-ring (bicyclic) bond motifs is 1. The third kappa shape index (κ3) is 2.15. The van der Waals surface area contributed by atoms with E-state index in [1.54, 1.807) is 0 Å². The summed E-state index contributed by atoms with van der Waals surface area (Å²) in [6.07, 6.45) is 3.90. The maximum Gasteiger partial charge on any atom is 0.0804 e. The molecule has 1 aliphatic rings. The van der Waals surface area contributed by atoms with Crippen molar-refractivity contribution in [1.82, 2.24) is 0 Å². The highest BCUT2D eigenvalue weighted by Gasteiger charge is 2.22. The van der Waals surface area contributed by atoms with E-state index in [2.05, 4.69) is 44.8 Å². The summed E-state index contributed by atoms with van der Waals surface area (Å²) < 4.78 is 2.22. The van der Waals surface area contributed by atoms with E-state index < -0.39 is 0 Å². The number of aliphatic hydroxyl groups is 1. The van der Waals surface area contributed by atoms with E-state index >= 15 is 0 Å². The lowest BCUT2D eigenvalue weighted by Crippen LogP contribution is -2.02. The molecule has 82 valence electrons. The van der Waals surface area contributed by atoms with Crippen molar-refractivity contribution in [3.63, 3.8) is 0 Å². The van der Waals surface area contributed by atoms with E-state index in [1.165, 1.54) is 11.1 Å². The fraction of sp³-hybridized carbons (Fsp3) is 0.500. The summed E-state index contributed by atoms with van der Waals surface area (Å²) in [5, 5.41) is 10.1. The number of benzene rings is 1. The van der Waals surface area contributed by atoms with Crippen LogP contribution in [0.25, 0.3) is 0 Å². The number of hydrogen-bond acceptors (Lipinski definition) is 1. The predicted molar refractivity (Wildman–Crippen MR) is 69.1 cm³/mol. The third-order valence-electron chi connectivity index (χ3n) is 3.03. The molecule has 1 N–H and O–H groups in total. The number of rotatable bonds is 0. The van der Waals surface area contributed by atoms with Crippen molar-refractivity contribution in [3.05, 3.63) is 31.7 Å². The van der Waals surface area contributed by atoms with Crippen molar-refractivity contribution in [2.24, 2.45) is 0 Å². The van der Waals surface area contributed by atoms with E-state index in [0.29, 0.717) is 0 Å². The maximum absolute atomic E-state index is 10.1. The van der Waals surface area contributed by atoms with Gasteiger partial charge in [0, 0.05) is 8.95 Å². The molecule has 1 aromatic rings. The Bertz CT molecular complexity index is 388. The molecule has 0 heterocycles. The summed E-state index contributed by atoms with van der Waals surface area (Å²) in [6.45, 7) is 2.06. The Morgan fingerprint density at radius 3 is 2.80 bits per heavy atom. The molecule has 1 unspecified atom stereocenters. The van der Waals surface area contributed by atoms with E-state index in [9.17, 15) is 5.11 Å². The number of aliphatic hydroxyl groups excluding tert-OH is 1. The second kappa shape index (κ2) is 4.56. The van der Waals surface area contributed by atoms with Gasteiger partial charge in [-0.25, -0.2) is 0 Å². The molecule has 1 atom stereocenters. The van der Waals surface area contributed by atoms with Gasteiger partial charge in [0.1, 0.15) is 0 Å². The van der Waals surface area contributed by atoms with Gasteiger partial charge in [0.2, 0.25) is 0 Å². The van der Waals surface area contributed by atoms with Crippen molar-refractivity contribution in [2.75, 3.05) is 0 Å². The van der Waals surface area contributed by atoms with Crippen molar-refractivity contribution >= 4 is 31.9 Å². The Hall–Kier alpha value is 0.140. The molecule has 15 heavy (non-hydrogen) atoms. The van der Waals surface area contributed by atoms with Crippen LogP contribution in [0.1, 0.15) is 42.1 Å². The molecule has 2 rings (SSSR count). The molecule has 1 aliphatic carbocycles. The van der Waals surface area contributed by atoms with Crippen LogP contribution in [-0.2, 0) is 6.42 Å². The second-order valence-corrected chi connectivity index (χ2v) is 5.79. The highest BCUT2D eigenvalue weighted by Crippen LogP contribution is 2.39. The number of aryl methyl sites for hydroxylation is 1. The minimum Gasteiger partial charge on any atom is -0.388 e. The zero-order valence-corrected chi connectivity index (χ0v) is 11.9. The van der Waals surface area contributed by atoms with Crippen LogP contribution in [0, 0.1) is 6.92 Å². The fourth-order valence-electron chi connectivity index (χ4n) is 2.20. The molecule has 0 fully saturated rings. The molecule has 0 spiro atoms. The number of halogens is 2. The van der Waals surface area contributed by atoms with Crippen molar-refractivity contribution in [3.8, 4) is 0 Å². The second-order valence-electron chi connectivity index (χ2n) is 4.14. The fourth-order valence-corrected chi connectivity index (χ4v) is 3.57. The molecular formula is C12H14Br2O. The highest BCUT2D eigenvalue weighted by atomic mass is 79.9. The van der Waals surface area contributed by atoms with Crippen LogP contribution in [0.2, 0.25) is 0 Å². The van der Waals surface area contributed by atoms with Crippen LogP contribution < -0.4 is 0 Å². The topological polar surface area (TPSA) is 20.2 Å². The van der Waals surface area contributed by atoms with E-state index in [1.807, 2.05) is 0 Å². The van der Waals surface area contributed by atoms with Gasteiger partial charge in [-0.15, -0.1) is 0 Å². The van der Waals surface area contributed by atoms with Gasteiger partial charge in [0.05, 0.1) is 6.10 Å². The van der Waals surface area contributed by atoms with E-state index in [-0.39, 0.29) is 6.10 Å². The summed E-state index contributed by atoms with van der Waals surface area (Å²) in [7, 11) is 0. The minimum atomic E-state index is -0.312. The average Bonchev–Trinajstić information content (AvgIpc) is 2.37. The molecule has 0 radical (unpaired) electrons. The Morgan fingerprint density at radius 1 is 1.33 bits per heavy atom. The largest absolute Gasteiger partial charge is 0.388 e. The van der Waals surface area contributed by atoms with Crippen molar-refractivity contribution in [1.29, 1.82) is 0 Å². The molecule has 0 aliphatic heterocycles. The van der Waals surface area contributed by atoms with Gasteiger partial charge in [-0.2, -0.15) is 0 Å². The first kappa shape index (κ1) is 11.6. The van der Waals surface area contributed by atoms with Crippen LogP contribution in [0.15, 0.2) is 15.0 Å². The summed E-state index contributed by atoms with van der Waals surface area (Å²) in [4.78, 5) is 0. The van der Waals surface area contributed by atoms with E-state index in [4.69, 9.17) is 0 Å². The minimum absolute atomic E-state index is 0.312. The third-order valence-corrected chi connectivity index (χ3v) is 4.79. The van der Waals surface area contributed by atoms with Crippen LogP contribution in [0.4, 0.5) is 0 Å². The lowest BCUT2D eigenvalue weighted by Gasteiger charge is -2.17. The Morgan fingerprint density at radius 2 is 2.07 bits per heavy atom. The Labute approximate surface area is 107 Å². The summed E-state index contributed by atoms with van der Waals surface area (Å²) in [5.74, 6) is 0. The van der Waals surface area contributed by atoms with Gasteiger partial charge >= 0.3 is 0 Å². The van der Waals surface area contributed by atoms with Crippen molar-refractivity contribution in [2.45, 2.75) is 38.7 Å². The molecule has 1 nitrogen and oxygen atoms in total. The summed E-state index contributed by atoms with van der Waals surface area (Å²) in [6, 6.07) is 2.13. The summed E-state index contributed by atoms with van der Waals surface area (Å²) >= 11 is 7.19. The molecule has 0 bridgehead atoms. The van der Waals surface area contributed by atoms with Crippen LogP contribution in [-0.4, -0.2) is 5.11 Å². The molecular weight excluding hydrogens is 320 g/mol. The van der Waals surface area contributed by atoms with Crippen molar-refractivity contribution < 1.29 is 5.11 Å². The normalized spacial score (nSPS) is 20.9. The molecule has 0 saturated heterocycles. The molecule has 1 aromatic carbocycles. The van der Waals surface area contributed by atoms with Gasteiger partial charge in [-0.05, 0) is 48.9 Å². The van der Waals surface area contributed by atoms with Crippen LogP contribution in [0.5, 0.6) is 0 Å².